The van der Waals surface area contributed by atoms with Crippen LogP contribution in [0.4, 0.5) is 0 Å². The number of hydrazine groups is 1. The Hall–Kier alpha value is -1.62. The summed E-state index contributed by atoms with van der Waals surface area (Å²) in [6.07, 6.45) is 0. The molecule has 0 saturated heterocycles. The van der Waals surface area contributed by atoms with Gasteiger partial charge in [-0.1, -0.05) is 6.07 Å². The summed E-state index contributed by atoms with van der Waals surface area (Å²) < 4.78 is 0. The van der Waals surface area contributed by atoms with Gasteiger partial charge in [0.2, 0.25) is 5.56 Å². The molecule has 0 spiro atoms. The van der Waals surface area contributed by atoms with Crippen LogP contribution < -0.4 is 16.8 Å². The van der Waals surface area contributed by atoms with Crippen LogP contribution >= 0.6 is 0 Å². The van der Waals surface area contributed by atoms with Crippen molar-refractivity contribution in [3.05, 3.63) is 34.2 Å². The molecule has 0 saturated carbocycles. The summed E-state index contributed by atoms with van der Waals surface area (Å²) in [5.41, 5.74) is 2.88. The number of aromatic amines is 1. The first-order chi connectivity index (χ1) is 6.63. The minimum Gasteiger partial charge on any atom is -0.319 e. The average Bonchev–Trinajstić information content (AvgIpc) is 2.14. The number of nitrogens with two attached hydrogens (primary N) is 1. The lowest BCUT2D eigenvalue weighted by Crippen LogP contribution is -2.33. The van der Waals surface area contributed by atoms with Crippen molar-refractivity contribution >= 4 is 5.84 Å². The number of hydrogen-bond acceptors (Lipinski definition) is 3. The highest BCUT2D eigenvalue weighted by molar-refractivity contribution is 5.96. The Labute approximate surface area is 82.0 Å². The van der Waals surface area contributed by atoms with Gasteiger partial charge in [-0.3, -0.25) is 9.79 Å². The predicted molar refractivity (Wildman–Crippen MR) is 56.1 cm³/mol. The number of H-pyrrole nitrogens is 1. The van der Waals surface area contributed by atoms with Crippen LogP contribution in [0.25, 0.3) is 0 Å². The van der Waals surface area contributed by atoms with Crippen LogP contribution in [-0.2, 0) is 0 Å². The lowest BCUT2D eigenvalue weighted by atomic mass is 10.3. The molecule has 1 heterocycles. The molecule has 5 heteroatoms. The van der Waals surface area contributed by atoms with Crippen molar-refractivity contribution in [2.24, 2.45) is 10.8 Å². The van der Waals surface area contributed by atoms with E-state index in [4.69, 9.17) is 5.84 Å². The largest absolute Gasteiger partial charge is 0.319 e. The molecule has 0 aromatic carbocycles. The first-order valence-corrected chi connectivity index (χ1v) is 4.37. The van der Waals surface area contributed by atoms with Crippen molar-refractivity contribution in [2.75, 3.05) is 0 Å². The zero-order valence-corrected chi connectivity index (χ0v) is 8.24. The molecule has 0 atom stereocenters. The summed E-state index contributed by atoms with van der Waals surface area (Å²) >= 11 is 0. The van der Waals surface area contributed by atoms with E-state index in [0.29, 0.717) is 11.5 Å². The Bertz CT molecular complexity index is 380. The van der Waals surface area contributed by atoms with Crippen molar-refractivity contribution in [1.29, 1.82) is 0 Å². The SMILES string of the molecule is CC(C)N=C(NN)c1cccc(=O)[nH]1. The minimum atomic E-state index is -0.172. The Balaban J connectivity index is 3.07. The molecule has 1 rings (SSSR count). The minimum absolute atomic E-state index is 0.116. The summed E-state index contributed by atoms with van der Waals surface area (Å²) in [6, 6.07) is 4.95. The van der Waals surface area contributed by atoms with E-state index in [1.54, 1.807) is 12.1 Å². The molecule has 0 radical (unpaired) electrons. The molecule has 0 fully saturated rings. The summed E-state index contributed by atoms with van der Waals surface area (Å²) in [4.78, 5) is 17.9. The Morgan fingerprint density at radius 1 is 1.57 bits per heavy atom. The van der Waals surface area contributed by atoms with Crippen molar-refractivity contribution in [1.82, 2.24) is 10.4 Å². The van der Waals surface area contributed by atoms with E-state index in [2.05, 4.69) is 15.4 Å². The first-order valence-electron chi connectivity index (χ1n) is 4.37. The summed E-state index contributed by atoms with van der Waals surface area (Å²) in [7, 11) is 0. The molecule has 0 amide bonds. The third-order valence-electron chi connectivity index (χ3n) is 1.55. The summed E-state index contributed by atoms with van der Waals surface area (Å²) in [5, 5.41) is 0. The van der Waals surface area contributed by atoms with Gasteiger partial charge in [0.1, 0.15) is 0 Å². The molecule has 76 valence electrons. The summed E-state index contributed by atoms with van der Waals surface area (Å²) in [5.74, 6) is 5.78. The van der Waals surface area contributed by atoms with Crippen LogP contribution in [-0.4, -0.2) is 16.9 Å². The Morgan fingerprint density at radius 2 is 2.29 bits per heavy atom. The molecule has 0 unspecified atom stereocenters. The number of rotatable bonds is 2. The van der Waals surface area contributed by atoms with Gasteiger partial charge in [0, 0.05) is 12.1 Å². The standard InChI is InChI=1S/C9H14N4O/c1-6(2)11-9(13-10)7-4-3-5-8(14)12-7/h3-6H,10H2,1-2H3,(H,11,13)(H,12,14). The van der Waals surface area contributed by atoms with Crippen LogP contribution in [0.3, 0.4) is 0 Å². The zero-order valence-electron chi connectivity index (χ0n) is 8.24. The van der Waals surface area contributed by atoms with Gasteiger partial charge in [0.25, 0.3) is 0 Å². The quantitative estimate of drug-likeness (QED) is 0.268. The fourth-order valence-electron chi connectivity index (χ4n) is 1.03. The third-order valence-corrected chi connectivity index (χ3v) is 1.55. The van der Waals surface area contributed by atoms with E-state index in [1.165, 1.54) is 6.07 Å². The number of hydrogen-bond donors (Lipinski definition) is 3. The maximum atomic E-state index is 11.0. The number of pyridine rings is 1. The first kappa shape index (κ1) is 10.5. The lowest BCUT2D eigenvalue weighted by Gasteiger charge is -2.06. The van der Waals surface area contributed by atoms with Crippen molar-refractivity contribution < 1.29 is 0 Å². The number of nitrogens with zero attached hydrogens (tertiary/aromatic N) is 1. The fourth-order valence-corrected chi connectivity index (χ4v) is 1.03. The molecule has 0 aliphatic heterocycles. The maximum Gasteiger partial charge on any atom is 0.248 e. The molecule has 0 aliphatic carbocycles. The van der Waals surface area contributed by atoms with Gasteiger partial charge in [0.15, 0.2) is 5.84 Å². The number of aromatic nitrogens is 1. The van der Waals surface area contributed by atoms with Gasteiger partial charge in [-0.2, -0.15) is 0 Å². The number of amidine groups is 1. The van der Waals surface area contributed by atoms with Gasteiger partial charge in [-0.25, -0.2) is 5.84 Å². The molecule has 0 bridgehead atoms. The highest BCUT2D eigenvalue weighted by Gasteiger charge is 2.02. The van der Waals surface area contributed by atoms with E-state index in [1.807, 2.05) is 13.8 Å². The smallest absolute Gasteiger partial charge is 0.248 e. The molecule has 1 aromatic rings. The fraction of sp³-hybridized carbons (Fsp3) is 0.333. The van der Waals surface area contributed by atoms with Crippen LogP contribution in [0.1, 0.15) is 19.5 Å². The van der Waals surface area contributed by atoms with Crippen molar-refractivity contribution in [2.45, 2.75) is 19.9 Å². The third kappa shape index (κ3) is 2.70. The Kier molecular flexibility index (Phi) is 3.41. The van der Waals surface area contributed by atoms with E-state index in [9.17, 15) is 4.79 Å². The molecule has 14 heavy (non-hydrogen) atoms. The second kappa shape index (κ2) is 4.57. The Morgan fingerprint density at radius 3 is 2.79 bits per heavy atom. The van der Waals surface area contributed by atoms with E-state index in [-0.39, 0.29) is 11.6 Å². The van der Waals surface area contributed by atoms with Crippen LogP contribution in [0, 0.1) is 0 Å². The second-order valence-corrected chi connectivity index (χ2v) is 3.14. The van der Waals surface area contributed by atoms with Crippen LogP contribution in [0.15, 0.2) is 28.0 Å². The topological polar surface area (TPSA) is 83.3 Å². The predicted octanol–water partition coefficient (Wildman–Crippen LogP) is -0.00680. The van der Waals surface area contributed by atoms with Gasteiger partial charge < -0.3 is 10.4 Å². The maximum absolute atomic E-state index is 11.0. The highest BCUT2D eigenvalue weighted by atomic mass is 16.1. The average molecular weight is 194 g/mol. The lowest BCUT2D eigenvalue weighted by molar-refractivity contribution is 0.818. The van der Waals surface area contributed by atoms with Crippen molar-refractivity contribution in [3.63, 3.8) is 0 Å². The molecule has 1 aromatic heterocycles. The molecule has 4 N–H and O–H groups in total. The normalized spacial score (nSPS) is 11.9. The van der Waals surface area contributed by atoms with Gasteiger partial charge in [-0.15, -0.1) is 0 Å². The number of aliphatic imine (C=N–C) groups is 1. The number of nitrogens with one attached hydrogen (secondary N) is 2. The molecule has 5 nitrogen and oxygen atoms in total. The molecular weight excluding hydrogens is 180 g/mol. The van der Waals surface area contributed by atoms with Gasteiger partial charge >= 0.3 is 0 Å². The second-order valence-electron chi connectivity index (χ2n) is 3.14. The monoisotopic (exact) mass is 194 g/mol. The van der Waals surface area contributed by atoms with E-state index >= 15 is 0 Å². The van der Waals surface area contributed by atoms with Gasteiger partial charge in [0.05, 0.1) is 5.69 Å². The van der Waals surface area contributed by atoms with Crippen LogP contribution in [0.5, 0.6) is 0 Å². The van der Waals surface area contributed by atoms with E-state index < -0.39 is 0 Å². The van der Waals surface area contributed by atoms with E-state index in [0.717, 1.165) is 0 Å². The van der Waals surface area contributed by atoms with Gasteiger partial charge in [-0.05, 0) is 19.9 Å². The van der Waals surface area contributed by atoms with Crippen molar-refractivity contribution in [3.8, 4) is 0 Å². The van der Waals surface area contributed by atoms with Crippen LogP contribution in [0.2, 0.25) is 0 Å². The zero-order chi connectivity index (χ0) is 10.6. The highest BCUT2D eigenvalue weighted by Crippen LogP contribution is 1.94. The summed E-state index contributed by atoms with van der Waals surface area (Å²) in [6.45, 7) is 3.86. The molecular formula is C9H14N4O. The molecule has 0 aliphatic rings.